The van der Waals surface area contributed by atoms with Gasteiger partial charge in [0.15, 0.2) is 0 Å². The van der Waals surface area contributed by atoms with Crippen molar-refractivity contribution in [3.05, 3.63) is 29.6 Å². The van der Waals surface area contributed by atoms with Gasteiger partial charge in [-0.3, -0.25) is 4.79 Å². The SMILES string of the molecule is CCN1CC(C)(C)Oc2nc(N3CC4CCC(C3)O4)nc(-c3ccc(NC(=O)NC(C)COC)c(F)c3)c2C1=O. The predicted molar refractivity (Wildman–Crippen MR) is 147 cm³/mol. The molecule has 0 radical (unpaired) electrons. The van der Waals surface area contributed by atoms with Crippen LogP contribution in [0.4, 0.5) is 20.8 Å². The molecule has 1 aromatic carbocycles. The predicted octanol–water partition coefficient (Wildman–Crippen LogP) is 3.44. The van der Waals surface area contributed by atoms with E-state index in [0.717, 1.165) is 12.8 Å². The molecule has 3 unspecified atom stereocenters. The summed E-state index contributed by atoms with van der Waals surface area (Å²) < 4.78 is 32.7. The molecule has 11 nitrogen and oxygen atoms in total. The maximum atomic E-state index is 15.4. The Hall–Kier alpha value is -3.51. The number of anilines is 2. The number of urea groups is 1. The summed E-state index contributed by atoms with van der Waals surface area (Å²) in [6.07, 6.45) is 2.15. The fraction of sp³-hybridized carbons (Fsp3) is 0.571. The second-order valence-corrected chi connectivity index (χ2v) is 11.2. The highest BCUT2D eigenvalue weighted by atomic mass is 19.1. The van der Waals surface area contributed by atoms with E-state index in [2.05, 4.69) is 15.5 Å². The van der Waals surface area contributed by atoms with E-state index in [9.17, 15) is 9.59 Å². The minimum absolute atomic E-state index is 0.00474. The van der Waals surface area contributed by atoms with E-state index in [4.69, 9.17) is 24.2 Å². The average Bonchev–Trinajstić information content (AvgIpc) is 3.19. The Morgan fingerprint density at radius 3 is 2.62 bits per heavy atom. The molecule has 2 saturated heterocycles. The van der Waals surface area contributed by atoms with Crippen LogP contribution in [0.2, 0.25) is 0 Å². The van der Waals surface area contributed by atoms with Gasteiger partial charge < -0.3 is 34.6 Å². The molecule has 3 atom stereocenters. The molecule has 0 spiro atoms. The quantitative estimate of drug-likeness (QED) is 0.533. The molecule has 5 rings (SSSR count). The Kier molecular flexibility index (Phi) is 7.83. The Labute approximate surface area is 233 Å². The summed E-state index contributed by atoms with van der Waals surface area (Å²) in [6.45, 7) is 9.90. The van der Waals surface area contributed by atoms with Gasteiger partial charge in [0, 0.05) is 32.3 Å². The van der Waals surface area contributed by atoms with E-state index < -0.39 is 17.4 Å². The number of methoxy groups -OCH3 is 1. The molecule has 3 aliphatic rings. The fourth-order valence-corrected chi connectivity index (χ4v) is 5.50. The number of amides is 3. The van der Waals surface area contributed by atoms with Gasteiger partial charge >= 0.3 is 6.03 Å². The molecular formula is C28H37FN6O5. The van der Waals surface area contributed by atoms with E-state index >= 15 is 4.39 Å². The third-order valence-corrected chi connectivity index (χ3v) is 7.30. The molecule has 2 N–H and O–H groups in total. The van der Waals surface area contributed by atoms with Crippen molar-refractivity contribution in [2.24, 2.45) is 0 Å². The number of halogens is 1. The van der Waals surface area contributed by atoms with Crippen LogP contribution in [0.15, 0.2) is 18.2 Å². The van der Waals surface area contributed by atoms with Gasteiger partial charge in [-0.15, -0.1) is 0 Å². The van der Waals surface area contributed by atoms with E-state index in [-0.39, 0.29) is 47.0 Å². The van der Waals surface area contributed by atoms with Gasteiger partial charge in [0.1, 0.15) is 17.0 Å². The van der Waals surface area contributed by atoms with Crippen LogP contribution in [0.25, 0.3) is 11.3 Å². The van der Waals surface area contributed by atoms with Crippen molar-refractivity contribution in [1.29, 1.82) is 0 Å². The number of hydrogen-bond acceptors (Lipinski definition) is 8. The monoisotopic (exact) mass is 556 g/mol. The number of morpholine rings is 1. The van der Waals surface area contributed by atoms with Crippen molar-refractivity contribution in [2.75, 3.05) is 50.1 Å². The summed E-state index contributed by atoms with van der Waals surface area (Å²) in [5.41, 5.74) is 0.146. The van der Waals surface area contributed by atoms with E-state index in [1.54, 1.807) is 17.9 Å². The Morgan fingerprint density at radius 2 is 1.98 bits per heavy atom. The first kappa shape index (κ1) is 28.0. The Bertz CT molecular complexity index is 1280. The number of fused-ring (bicyclic) bond motifs is 3. The van der Waals surface area contributed by atoms with E-state index in [0.29, 0.717) is 44.3 Å². The number of carbonyl (C=O) groups excluding carboxylic acids is 2. The molecule has 1 aromatic heterocycles. The molecule has 3 aliphatic heterocycles. The van der Waals surface area contributed by atoms with Crippen molar-refractivity contribution in [3.63, 3.8) is 0 Å². The van der Waals surface area contributed by atoms with Crippen LogP contribution in [-0.2, 0) is 9.47 Å². The first-order chi connectivity index (χ1) is 19.1. The zero-order valence-corrected chi connectivity index (χ0v) is 23.6. The molecule has 2 fully saturated rings. The van der Waals surface area contributed by atoms with Gasteiger partial charge in [0.2, 0.25) is 11.8 Å². The zero-order valence-electron chi connectivity index (χ0n) is 23.6. The van der Waals surface area contributed by atoms with Crippen LogP contribution >= 0.6 is 0 Å². The van der Waals surface area contributed by atoms with Gasteiger partial charge in [-0.1, -0.05) is 6.07 Å². The molecule has 0 saturated carbocycles. The first-order valence-electron chi connectivity index (χ1n) is 13.7. The molecular weight excluding hydrogens is 519 g/mol. The van der Waals surface area contributed by atoms with Crippen molar-refractivity contribution in [3.8, 4) is 17.1 Å². The molecule has 4 heterocycles. The van der Waals surface area contributed by atoms with Crippen LogP contribution < -0.4 is 20.3 Å². The number of likely N-dealkylation sites (N-methyl/N-ethyl adjacent to an activating group) is 1. The van der Waals surface area contributed by atoms with Crippen molar-refractivity contribution >= 4 is 23.6 Å². The summed E-state index contributed by atoms with van der Waals surface area (Å²) in [4.78, 5) is 39.4. The van der Waals surface area contributed by atoms with Gasteiger partial charge in [-0.05, 0) is 52.7 Å². The molecule has 40 heavy (non-hydrogen) atoms. The largest absolute Gasteiger partial charge is 0.469 e. The highest BCUT2D eigenvalue weighted by Crippen LogP contribution is 2.38. The summed E-state index contributed by atoms with van der Waals surface area (Å²) in [5.74, 6) is -0.351. The second kappa shape index (κ2) is 11.2. The first-order valence-corrected chi connectivity index (χ1v) is 13.7. The lowest BCUT2D eigenvalue weighted by Crippen LogP contribution is -2.43. The van der Waals surface area contributed by atoms with Crippen LogP contribution in [0.1, 0.15) is 50.9 Å². The summed E-state index contributed by atoms with van der Waals surface area (Å²) in [5, 5.41) is 5.22. The number of ether oxygens (including phenoxy) is 3. The third kappa shape index (κ3) is 5.83. The van der Waals surface area contributed by atoms with Crippen molar-refractivity contribution < 1.29 is 28.2 Å². The maximum Gasteiger partial charge on any atom is 0.319 e. The number of benzene rings is 1. The van der Waals surface area contributed by atoms with E-state index in [1.807, 2.05) is 20.8 Å². The lowest BCUT2D eigenvalue weighted by Gasteiger charge is -2.33. The third-order valence-electron chi connectivity index (χ3n) is 7.30. The number of hydrogen-bond donors (Lipinski definition) is 2. The van der Waals surface area contributed by atoms with Crippen LogP contribution in [0.3, 0.4) is 0 Å². The second-order valence-electron chi connectivity index (χ2n) is 11.2. The molecule has 216 valence electrons. The number of aromatic nitrogens is 2. The summed E-state index contributed by atoms with van der Waals surface area (Å²) >= 11 is 0. The molecule has 2 bridgehead atoms. The number of nitrogens with one attached hydrogen (secondary N) is 2. The smallest absolute Gasteiger partial charge is 0.319 e. The number of nitrogens with zero attached hydrogens (tertiary/aromatic N) is 4. The highest BCUT2D eigenvalue weighted by Gasteiger charge is 2.39. The molecule has 3 amide bonds. The lowest BCUT2D eigenvalue weighted by atomic mass is 10.0. The normalized spacial score (nSPS) is 22.3. The topological polar surface area (TPSA) is 118 Å². The van der Waals surface area contributed by atoms with Gasteiger partial charge in [0.25, 0.3) is 5.91 Å². The maximum absolute atomic E-state index is 15.4. The number of carbonyl (C=O) groups is 2. The standard InChI is InChI=1S/C28H37FN6O5/c1-6-34-15-28(3,4)40-24-22(25(34)36)23(32-26(33-24)35-12-18-8-9-19(13-35)39-18)17-7-10-21(20(29)11-17)31-27(37)30-16(2)14-38-5/h7,10-11,16,18-19H,6,8-9,12-15H2,1-5H3,(H2,30,31,37). The molecule has 12 heteroatoms. The minimum atomic E-state index is -0.698. The van der Waals surface area contributed by atoms with Crippen LogP contribution in [-0.4, -0.2) is 90.6 Å². The number of rotatable bonds is 7. The fourth-order valence-electron chi connectivity index (χ4n) is 5.50. The zero-order chi connectivity index (χ0) is 28.6. The van der Waals surface area contributed by atoms with Crippen LogP contribution in [0, 0.1) is 5.82 Å². The molecule has 2 aromatic rings. The Balaban J connectivity index is 1.54. The van der Waals surface area contributed by atoms with Gasteiger partial charge in [-0.2, -0.15) is 4.98 Å². The Morgan fingerprint density at radius 1 is 1.25 bits per heavy atom. The average molecular weight is 557 g/mol. The van der Waals surface area contributed by atoms with Crippen LogP contribution in [0.5, 0.6) is 5.88 Å². The van der Waals surface area contributed by atoms with Crippen molar-refractivity contribution in [1.82, 2.24) is 20.2 Å². The van der Waals surface area contributed by atoms with Crippen molar-refractivity contribution in [2.45, 2.75) is 64.4 Å². The van der Waals surface area contributed by atoms with Gasteiger partial charge in [0.05, 0.1) is 42.8 Å². The highest BCUT2D eigenvalue weighted by molar-refractivity contribution is 6.03. The molecule has 0 aliphatic carbocycles. The minimum Gasteiger partial charge on any atom is -0.469 e. The summed E-state index contributed by atoms with van der Waals surface area (Å²) in [7, 11) is 1.54. The van der Waals surface area contributed by atoms with E-state index in [1.165, 1.54) is 19.2 Å². The summed E-state index contributed by atoms with van der Waals surface area (Å²) in [6, 6.07) is 3.54. The van der Waals surface area contributed by atoms with Gasteiger partial charge in [-0.25, -0.2) is 14.2 Å². The lowest BCUT2D eigenvalue weighted by molar-refractivity contribution is 0.0297.